The van der Waals surface area contributed by atoms with Crippen LogP contribution in [0.5, 0.6) is 0 Å². The standard InChI is InChI=1S/C15H17NO2/c1-18-10-14(16)9-15(17)13-7-6-11-4-2-3-5-12(11)8-13/h2-8,14H,9-10,16H2,1H3. The summed E-state index contributed by atoms with van der Waals surface area (Å²) in [5.41, 5.74) is 6.50. The molecule has 0 bridgehead atoms. The Morgan fingerprint density at radius 3 is 2.67 bits per heavy atom. The molecule has 0 spiro atoms. The highest BCUT2D eigenvalue weighted by Crippen LogP contribution is 2.16. The molecule has 0 aromatic heterocycles. The fraction of sp³-hybridized carbons (Fsp3) is 0.267. The monoisotopic (exact) mass is 243 g/mol. The predicted molar refractivity (Wildman–Crippen MR) is 72.7 cm³/mol. The van der Waals surface area contributed by atoms with Gasteiger partial charge in [-0.3, -0.25) is 4.79 Å². The fourth-order valence-electron chi connectivity index (χ4n) is 1.99. The third kappa shape index (κ3) is 2.94. The Bertz CT molecular complexity index is 551. The van der Waals surface area contributed by atoms with Gasteiger partial charge in [-0.1, -0.05) is 36.4 Å². The first-order chi connectivity index (χ1) is 8.70. The summed E-state index contributed by atoms with van der Waals surface area (Å²) in [7, 11) is 1.58. The summed E-state index contributed by atoms with van der Waals surface area (Å²) in [6, 6.07) is 13.5. The van der Waals surface area contributed by atoms with E-state index in [0.717, 1.165) is 10.8 Å². The molecule has 0 fully saturated rings. The molecule has 18 heavy (non-hydrogen) atoms. The van der Waals surface area contributed by atoms with Gasteiger partial charge in [0.05, 0.1) is 6.61 Å². The second-order valence-electron chi connectivity index (χ2n) is 4.40. The molecule has 3 nitrogen and oxygen atoms in total. The van der Waals surface area contributed by atoms with Crippen molar-refractivity contribution >= 4 is 16.6 Å². The van der Waals surface area contributed by atoms with Crippen LogP contribution in [0.15, 0.2) is 42.5 Å². The van der Waals surface area contributed by atoms with Gasteiger partial charge in [-0.2, -0.15) is 0 Å². The molecule has 0 saturated carbocycles. The number of methoxy groups -OCH3 is 1. The molecule has 2 aromatic rings. The minimum atomic E-state index is -0.242. The number of fused-ring (bicyclic) bond motifs is 1. The summed E-state index contributed by atoms with van der Waals surface area (Å²) in [6.45, 7) is 0.402. The third-order valence-corrected chi connectivity index (χ3v) is 2.90. The van der Waals surface area contributed by atoms with E-state index in [1.807, 2.05) is 42.5 Å². The van der Waals surface area contributed by atoms with Gasteiger partial charge in [0, 0.05) is 25.1 Å². The summed E-state index contributed by atoms with van der Waals surface area (Å²) in [4.78, 5) is 12.0. The molecule has 0 heterocycles. The van der Waals surface area contributed by atoms with Crippen molar-refractivity contribution in [3.63, 3.8) is 0 Å². The summed E-state index contributed by atoms with van der Waals surface area (Å²) >= 11 is 0. The Morgan fingerprint density at radius 1 is 1.22 bits per heavy atom. The van der Waals surface area contributed by atoms with Gasteiger partial charge in [-0.05, 0) is 16.8 Å². The van der Waals surface area contributed by atoms with Crippen LogP contribution in [0.25, 0.3) is 10.8 Å². The summed E-state index contributed by atoms with van der Waals surface area (Å²) in [6.07, 6.45) is 0.312. The van der Waals surface area contributed by atoms with E-state index in [0.29, 0.717) is 18.6 Å². The molecular formula is C15H17NO2. The van der Waals surface area contributed by atoms with Crippen molar-refractivity contribution < 1.29 is 9.53 Å². The largest absolute Gasteiger partial charge is 0.383 e. The molecule has 0 aliphatic carbocycles. The van der Waals surface area contributed by atoms with Crippen LogP contribution in [0.2, 0.25) is 0 Å². The highest BCUT2D eigenvalue weighted by molar-refractivity contribution is 6.00. The van der Waals surface area contributed by atoms with Crippen LogP contribution in [-0.4, -0.2) is 25.5 Å². The van der Waals surface area contributed by atoms with Gasteiger partial charge in [0.25, 0.3) is 0 Å². The number of ketones is 1. The maximum atomic E-state index is 12.0. The van der Waals surface area contributed by atoms with E-state index in [1.165, 1.54) is 0 Å². The first-order valence-corrected chi connectivity index (χ1v) is 5.97. The molecule has 94 valence electrons. The minimum absolute atomic E-state index is 0.0605. The van der Waals surface area contributed by atoms with E-state index in [-0.39, 0.29) is 11.8 Å². The van der Waals surface area contributed by atoms with Crippen LogP contribution >= 0.6 is 0 Å². The second kappa shape index (κ2) is 5.76. The van der Waals surface area contributed by atoms with Crippen molar-refractivity contribution in [1.82, 2.24) is 0 Å². The molecule has 0 amide bonds. The number of carbonyl (C=O) groups is 1. The molecule has 3 heteroatoms. The van der Waals surface area contributed by atoms with Crippen molar-refractivity contribution in [3.8, 4) is 0 Å². The Kier molecular flexibility index (Phi) is 4.07. The van der Waals surface area contributed by atoms with Crippen molar-refractivity contribution in [2.45, 2.75) is 12.5 Å². The first kappa shape index (κ1) is 12.7. The second-order valence-corrected chi connectivity index (χ2v) is 4.40. The van der Waals surface area contributed by atoms with Crippen molar-refractivity contribution in [3.05, 3.63) is 48.0 Å². The average molecular weight is 243 g/mol. The number of rotatable bonds is 5. The molecule has 0 radical (unpaired) electrons. The van der Waals surface area contributed by atoms with E-state index < -0.39 is 0 Å². The van der Waals surface area contributed by atoms with Crippen molar-refractivity contribution in [2.24, 2.45) is 5.73 Å². The summed E-state index contributed by atoms with van der Waals surface area (Å²) in [5, 5.41) is 2.21. The number of hydrogen-bond donors (Lipinski definition) is 1. The van der Waals surface area contributed by atoms with Crippen molar-refractivity contribution in [1.29, 1.82) is 0 Å². The predicted octanol–water partition coefficient (Wildman–Crippen LogP) is 2.39. The van der Waals surface area contributed by atoms with Crippen LogP contribution < -0.4 is 5.73 Å². The van der Waals surface area contributed by atoms with Crippen LogP contribution in [0, 0.1) is 0 Å². The van der Waals surface area contributed by atoms with Crippen LogP contribution in [0.3, 0.4) is 0 Å². The maximum Gasteiger partial charge on any atom is 0.164 e. The Labute approximate surface area is 107 Å². The van der Waals surface area contributed by atoms with Gasteiger partial charge in [0.15, 0.2) is 5.78 Å². The number of carbonyl (C=O) groups excluding carboxylic acids is 1. The van der Waals surface area contributed by atoms with Gasteiger partial charge < -0.3 is 10.5 Å². The zero-order valence-electron chi connectivity index (χ0n) is 10.4. The minimum Gasteiger partial charge on any atom is -0.383 e. The maximum absolute atomic E-state index is 12.0. The SMILES string of the molecule is COCC(N)CC(=O)c1ccc2ccccc2c1. The fourth-order valence-corrected chi connectivity index (χ4v) is 1.99. The number of benzene rings is 2. The quantitative estimate of drug-likeness (QED) is 0.820. The Hall–Kier alpha value is -1.71. The van der Waals surface area contributed by atoms with Crippen LogP contribution in [0.4, 0.5) is 0 Å². The Morgan fingerprint density at radius 2 is 1.94 bits per heavy atom. The van der Waals surface area contributed by atoms with Gasteiger partial charge in [-0.15, -0.1) is 0 Å². The van der Waals surface area contributed by atoms with Gasteiger partial charge in [0.1, 0.15) is 0 Å². The van der Waals surface area contributed by atoms with E-state index >= 15 is 0 Å². The molecule has 2 rings (SSSR count). The van der Waals surface area contributed by atoms with Gasteiger partial charge in [0.2, 0.25) is 0 Å². The molecule has 2 N–H and O–H groups in total. The molecule has 0 aliphatic rings. The van der Waals surface area contributed by atoms with Crippen LogP contribution in [-0.2, 0) is 4.74 Å². The zero-order chi connectivity index (χ0) is 13.0. The van der Waals surface area contributed by atoms with E-state index in [2.05, 4.69) is 0 Å². The highest BCUT2D eigenvalue weighted by Gasteiger charge is 2.11. The third-order valence-electron chi connectivity index (χ3n) is 2.90. The van der Waals surface area contributed by atoms with Gasteiger partial charge in [-0.25, -0.2) is 0 Å². The molecule has 2 aromatic carbocycles. The normalized spacial score (nSPS) is 12.6. The summed E-state index contributed by atoms with van der Waals surface area (Å²) in [5.74, 6) is 0.0605. The first-order valence-electron chi connectivity index (χ1n) is 5.97. The number of hydrogen-bond acceptors (Lipinski definition) is 3. The Balaban J connectivity index is 2.17. The zero-order valence-corrected chi connectivity index (χ0v) is 10.4. The highest BCUT2D eigenvalue weighted by atomic mass is 16.5. The van der Waals surface area contributed by atoms with Crippen LogP contribution in [0.1, 0.15) is 16.8 Å². The lowest BCUT2D eigenvalue weighted by Crippen LogP contribution is -2.28. The summed E-state index contributed by atoms with van der Waals surface area (Å²) < 4.78 is 4.93. The molecule has 0 aliphatic heterocycles. The lowest BCUT2D eigenvalue weighted by atomic mass is 10.0. The molecule has 1 unspecified atom stereocenters. The topological polar surface area (TPSA) is 52.3 Å². The van der Waals surface area contributed by atoms with Crippen molar-refractivity contribution in [2.75, 3.05) is 13.7 Å². The number of ether oxygens (including phenoxy) is 1. The number of Topliss-reactive ketones (excluding diaryl/α,β-unsaturated/α-hetero) is 1. The molecular weight excluding hydrogens is 226 g/mol. The number of nitrogens with two attached hydrogens (primary N) is 1. The lowest BCUT2D eigenvalue weighted by molar-refractivity contribution is 0.0949. The van der Waals surface area contributed by atoms with E-state index in [1.54, 1.807) is 7.11 Å². The van der Waals surface area contributed by atoms with E-state index in [9.17, 15) is 4.79 Å². The molecule has 0 saturated heterocycles. The van der Waals surface area contributed by atoms with E-state index in [4.69, 9.17) is 10.5 Å². The smallest absolute Gasteiger partial charge is 0.164 e. The van der Waals surface area contributed by atoms with Gasteiger partial charge >= 0.3 is 0 Å². The average Bonchev–Trinajstić information content (AvgIpc) is 2.38. The lowest BCUT2D eigenvalue weighted by Gasteiger charge is -2.09. The molecule has 1 atom stereocenters.